The maximum absolute atomic E-state index is 9.83. The molecule has 0 saturated carbocycles. The summed E-state index contributed by atoms with van der Waals surface area (Å²) in [5, 5.41) is 38.2. The summed E-state index contributed by atoms with van der Waals surface area (Å²) in [4.78, 5) is 4.51. The molecule has 0 aromatic carbocycles. The molecule has 0 aromatic rings. The number of hydrogen-bond acceptors (Lipinski definition) is 8. The molecule has 2 saturated heterocycles. The zero-order chi connectivity index (χ0) is 15.4. The molecule has 2 rings (SSSR count). The minimum atomic E-state index is -1.38. The van der Waals surface area contributed by atoms with Gasteiger partial charge in [0.1, 0.15) is 24.4 Å². The molecule has 0 aliphatic carbocycles. The second-order valence-corrected chi connectivity index (χ2v) is 5.71. The summed E-state index contributed by atoms with van der Waals surface area (Å²) in [7, 11) is 2.09. The van der Waals surface area contributed by atoms with E-state index < -0.39 is 37.3 Å². The monoisotopic (exact) mass is 306 g/mol. The van der Waals surface area contributed by atoms with Crippen molar-refractivity contribution < 1.29 is 29.9 Å². The number of hydrogen-bond donors (Lipinski definition) is 4. The normalized spacial score (nSPS) is 39.6. The molecule has 0 amide bonds. The van der Waals surface area contributed by atoms with Gasteiger partial charge in [-0.25, -0.2) is 0 Å². The lowest BCUT2D eigenvalue weighted by molar-refractivity contribution is -0.301. The van der Waals surface area contributed by atoms with Crippen molar-refractivity contribution in [2.45, 2.75) is 30.7 Å². The summed E-state index contributed by atoms with van der Waals surface area (Å²) < 4.78 is 10.7. The molecule has 8 nitrogen and oxygen atoms in total. The number of piperazine rings is 1. The van der Waals surface area contributed by atoms with Crippen LogP contribution >= 0.6 is 0 Å². The van der Waals surface area contributed by atoms with Crippen molar-refractivity contribution >= 4 is 0 Å². The summed E-state index contributed by atoms with van der Waals surface area (Å²) in [5.74, 6) is 0. The highest BCUT2D eigenvalue weighted by Crippen LogP contribution is 2.21. The van der Waals surface area contributed by atoms with Gasteiger partial charge < -0.3 is 34.8 Å². The molecule has 2 heterocycles. The first-order valence-electron chi connectivity index (χ1n) is 7.36. The SMILES string of the molecule is CN1CCN(CCO[C@@H]2OC(CO)[C@@H](O)C(O)C2O)CC1. The highest BCUT2D eigenvalue weighted by molar-refractivity contribution is 4.88. The van der Waals surface area contributed by atoms with Crippen LogP contribution in [-0.4, -0.2) is 114 Å². The molecule has 2 aliphatic heterocycles. The van der Waals surface area contributed by atoms with Crippen LogP contribution in [0.3, 0.4) is 0 Å². The van der Waals surface area contributed by atoms with Crippen LogP contribution in [0.5, 0.6) is 0 Å². The molecule has 5 atom stereocenters. The highest BCUT2D eigenvalue weighted by atomic mass is 16.7. The zero-order valence-electron chi connectivity index (χ0n) is 12.3. The third-order valence-electron chi connectivity index (χ3n) is 4.13. The molecular formula is C13H26N2O6. The third kappa shape index (κ3) is 4.33. The van der Waals surface area contributed by atoms with Gasteiger partial charge in [-0.15, -0.1) is 0 Å². The maximum atomic E-state index is 9.83. The Bertz CT molecular complexity index is 311. The van der Waals surface area contributed by atoms with Crippen molar-refractivity contribution in [3.63, 3.8) is 0 Å². The lowest BCUT2D eigenvalue weighted by Gasteiger charge is -2.40. The molecule has 4 N–H and O–H groups in total. The predicted molar refractivity (Wildman–Crippen MR) is 73.7 cm³/mol. The fourth-order valence-corrected chi connectivity index (χ4v) is 2.57. The van der Waals surface area contributed by atoms with Crippen LogP contribution in [0.15, 0.2) is 0 Å². The van der Waals surface area contributed by atoms with Crippen LogP contribution in [0.25, 0.3) is 0 Å². The van der Waals surface area contributed by atoms with E-state index in [1.807, 2.05) is 0 Å². The quantitative estimate of drug-likeness (QED) is 0.427. The number of aliphatic hydroxyl groups is 4. The number of nitrogens with zero attached hydrogens (tertiary/aromatic N) is 2. The predicted octanol–water partition coefficient (Wildman–Crippen LogP) is -2.95. The van der Waals surface area contributed by atoms with Crippen molar-refractivity contribution in [2.75, 3.05) is 53.0 Å². The lowest BCUT2D eigenvalue weighted by Crippen LogP contribution is -2.59. The zero-order valence-corrected chi connectivity index (χ0v) is 12.3. The van der Waals surface area contributed by atoms with Gasteiger partial charge in [0.15, 0.2) is 6.29 Å². The number of rotatable bonds is 5. The van der Waals surface area contributed by atoms with Gasteiger partial charge in [0.05, 0.1) is 13.2 Å². The van der Waals surface area contributed by atoms with E-state index in [4.69, 9.17) is 14.6 Å². The van der Waals surface area contributed by atoms with E-state index in [1.165, 1.54) is 0 Å². The Morgan fingerprint density at radius 2 is 1.71 bits per heavy atom. The Kier molecular flexibility index (Phi) is 6.33. The molecule has 2 aliphatic rings. The molecule has 0 radical (unpaired) electrons. The van der Waals surface area contributed by atoms with Crippen LogP contribution in [0.2, 0.25) is 0 Å². The second-order valence-electron chi connectivity index (χ2n) is 5.71. The van der Waals surface area contributed by atoms with Crippen molar-refractivity contribution in [1.82, 2.24) is 9.80 Å². The van der Waals surface area contributed by atoms with Crippen molar-refractivity contribution in [3.8, 4) is 0 Å². The highest BCUT2D eigenvalue weighted by Gasteiger charge is 2.43. The molecular weight excluding hydrogens is 280 g/mol. The average molecular weight is 306 g/mol. The second kappa shape index (κ2) is 7.80. The largest absolute Gasteiger partial charge is 0.394 e. The van der Waals surface area contributed by atoms with Gasteiger partial charge >= 0.3 is 0 Å². The van der Waals surface area contributed by atoms with Gasteiger partial charge in [-0.05, 0) is 7.05 Å². The van der Waals surface area contributed by atoms with Crippen molar-refractivity contribution in [3.05, 3.63) is 0 Å². The Hall–Kier alpha value is -0.320. The summed E-state index contributed by atoms with van der Waals surface area (Å²) in [6.07, 6.45) is -6.01. The first-order valence-corrected chi connectivity index (χ1v) is 7.36. The van der Waals surface area contributed by atoms with Crippen molar-refractivity contribution in [1.29, 1.82) is 0 Å². The van der Waals surface area contributed by atoms with E-state index in [9.17, 15) is 15.3 Å². The summed E-state index contributed by atoms with van der Waals surface area (Å²) in [6, 6.07) is 0. The van der Waals surface area contributed by atoms with Gasteiger partial charge in [-0.2, -0.15) is 0 Å². The summed E-state index contributed by atoms with van der Waals surface area (Å²) in [5.41, 5.74) is 0. The number of aliphatic hydroxyl groups excluding tert-OH is 4. The minimum Gasteiger partial charge on any atom is -0.394 e. The van der Waals surface area contributed by atoms with Gasteiger partial charge in [0, 0.05) is 32.7 Å². The first-order chi connectivity index (χ1) is 10.0. The van der Waals surface area contributed by atoms with Crippen molar-refractivity contribution in [2.24, 2.45) is 0 Å². The molecule has 0 bridgehead atoms. The molecule has 3 unspecified atom stereocenters. The van der Waals surface area contributed by atoms with Gasteiger partial charge in [-0.3, -0.25) is 4.90 Å². The summed E-state index contributed by atoms with van der Waals surface area (Å²) in [6.45, 7) is 4.59. The molecule has 21 heavy (non-hydrogen) atoms. The Morgan fingerprint density at radius 3 is 2.33 bits per heavy atom. The van der Waals surface area contributed by atoms with E-state index in [0.29, 0.717) is 13.2 Å². The van der Waals surface area contributed by atoms with Crippen LogP contribution < -0.4 is 0 Å². The van der Waals surface area contributed by atoms with Gasteiger partial charge in [-0.1, -0.05) is 0 Å². The van der Waals surface area contributed by atoms with Crippen LogP contribution in [0.1, 0.15) is 0 Å². The molecule has 0 spiro atoms. The minimum absolute atomic E-state index is 0.354. The molecule has 2 fully saturated rings. The molecule has 124 valence electrons. The fourth-order valence-electron chi connectivity index (χ4n) is 2.57. The average Bonchev–Trinajstić information content (AvgIpc) is 2.49. The van der Waals surface area contributed by atoms with Gasteiger partial charge in [0.2, 0.25) is 0 Å². The summed E-state index contributed by atoms with van der Waals surface area (Å²) >= 11 is 0. The molecule has 8 heteroatoms. The van der Waals surface area contributed by atoms with E-state index >= 15 is 0 Å². The topological polar surface area (TPSA) is 106 Å². The van der Waals surface area contributed by atoms with Gasteiger partial charge in [0.25, 0.3) is 0 Å². The lowest BCUT2D eigenvalue weighted by atomic mass is 9.99. The number of ether oxygens (including phenoxy) is 2. The Morgan fingerprint density at radius 1 is 1.05 bits per heavy atom. The standard InChI is InChI=1S/C13H26N2O6/c1-14-2-4-15(5-3-14)6-7-20-13-12(19)11(18)10(17)9(8-16)21-13/h9-13,16-19H,2-8H2,1H3/t9?,10-,11?,12?,13-/m1/s1. The smallest absolute Gasteiger partial charge is 0.186 e. The van der Waals surface area contributed by atoms with E-state index in [-0.39, 0.29) is 0 Å². The number of likely N-dealkylation sites (N-methyl/N-ethyl adjacent to an activating group) is 1. The Balaban J connectivity index is 1.74. The first kappa shape index (κ1) is 17.0. The van der Waals surface area contributed by atoms with Crippen LogP contribution in [0, 0.1) is 0 Å². The molecule has 0 aromatic heterocycles. The van der Waals surface area contributed by atoms with Crippen LogP contribution in [0.4, 0.5) is 0 Å². The van der Waals surface area contributed by atoms with E-state index in [2.05, 4.69) is 16.8 Å². The van der Waals surface area contributed by atoms with E-state index in [0.717, 1.165) is 26.2 Å². The third-order valence-corrected chi connectivity index (χ3v) is 4.13. The van der Waals surface area contributed by atoms with E-state index in [1.54, 1.807) is 0 Å². The van der Waals surface area contributed by atoms with Crippen LogP contribution in [-0.2, 0) is 9.47 Å². The Labute approximate surface area is 124 Å². The fraction of sp³-hybridized carbons (Fsp3) is 1.00. The maximum Gasteiger partial charge on any atom is 0.186 e.